The average Bonchev–Trinajstić information content (AvgIpc) is 1.64. The van der Waals surface area contributed by atoms with Crippen LogP contribution in [0.4, 0.5) is 17.1 Å². The van der Waals surface area contributed by atoms with Gasteiger partial charge in [-0.2, -0.15) is 25.7 Å². The molecule has 8 heterocycles. The molecule has 0 aliphatic carbocycles. The molecule has 12 rings (SSSR count). The van der Waals surface area contributed by atoms with Crippen molar-refractivity contribution in [2.75, 3.05) is 67.8 Å². The molecular formula is C73H80N20O6. The van der Waals surface area contributed by atoms with E-state index in [1.807, 2.05) is 132 Å². The molecule has 99 heavy (non-hydrogen) atoms. The first-order chi connectivity index (χ1) is 46.6. The summed E-state index contributed by atoms with van der Waals surface area (Å²) in [6.07, 6.45) is 0. The van der Waals surface area contributed by atoms with Crippen LogP contribution in [-0.2, 0) is 0 Å². The number of nitro benzene ring substituents is 1. The van der Waals surface area contributed by atoms with Crippen molar-refractivity contribution in [2.24, 2.45) is 0 Å². The van der Waals surface area contributed by atoms with Crippen LogP contribution in [0.2, 0.25) is 0 Å². The van der Waals surface area contributed by atoms with Gasteiger partial charge in [-0.25, -0.2) is 38.0 Å². The van der Waals surface area contributed by atoms with Crippen LogP contribution < -0.4 is 11.5 Å². The molecule has 0 atom stereocenters. The summed E-state index contributed by atoms with van der Waals surface area (Å²) in [7, 11) is 13.6. The minimum absolute atomic E-state index is 0.0424. The van der Waals surface area contributed by atoms with Gasteiger partial charge in [-0.1, -0.05) is 18.2 Å². The van der Waals surface area contributed by atoms with Crippen molar-refractivity contribution in [3.05, 3.63) is 203 Å². The molecule has 4 N–H and O–H groups in total. The second-order valence-corrected chi connectivity index (χ2v) is 25.3. The number of hydrogen-bond acceptors (Lipinski definition) is 17. The first-order valence-corrected chi connectivity index (χ1v) is 31.5. The van der Waals surface area contributed by atoms with Crippen LogP contribution in [0.5, 0.6) is 0 Å². The second-order valence-electron chi connectivity index (χ2n) is 25.3. The molecule has 0 aliphatic rings. The quantitative estimate of drug-likeness (QED) is 0.0770. The monoisotopic (exact) mass is 1330 g/mol. The Morgan fingerprint density at radius 2 is 0.646 bits per heavy atom. The number of rotatable bonds is 9. The lowest BCUT2D eigenvalue weighted by Gasteiger charge is -2.10. The number of non-ortho nitro benzene ring substituents is 1. The zero-order valence-electron chi connectivity index (χ0n) is 59.4. The topological polar surface area (TPSA) is 321 Å². The van der Waals surface area contributed by atoms with Crippen LogP contribution in [0.3, 0.4) is 0 Å². The fourth-order valence-corrected chi connectivity index (χ4v) is 11.4. The fraction of sp³-hybridized carbons (Fsp3) is 0.274. The van der Waals surface area contributed by atoms with Crippen molar-refractivity contribution in [3.8, 4) is 51.1 Å². The Kier molecular flexibility index (Phi) is 20.2. The van der Waals surface area contributed by atoms with Crippen LogP contribution in [-0.4, -0.2) is 163 Å². The zero-order valence-corrected chi connectivity index (χ0v) is 59.4. The summed E-state index contributed by atoms with van der Waals surface area (Å²) in [4.78, 5) is 83.6. The predicted molar refractivity (Wildman–Crippen MR) is 383 cm³/mol. The van der Waals surface area contributed by atoms with E-state index in [0.29, 0.717) is 56.6 Å². The molecule has 0 fully saturated rings. The minimum atomic E-state index is -0.419. The van der Waals surface area contributed by atoms with E-state index >= 15 is 0 Å². The number of carbonyl (C=O) groups is 4. The highest BCUT2D eigenvalue weighted by atomic mass is 16.6. The molecule has 26 nitrogen and oxygen atoms in total. The van der Waals surface area contributed by atoms with Gasteiger partial charge < -0.3 is 31.1 Å². The Labute approximate surface area is 572 Å². The number of anilines is 2. The number of fused-ring (bicyclic) bond motifs is 4. The predicted octanol–water partition coefficient (Wildman–Crippen LogP) is 11.0. The lowest BCUT2D eigenvalue weighted by Crippen LogP contribution is -2.23. The molecule has 8 aromatic heterocycles. The van der Waals surface area contributed by atoms with Gasteiger partial charge in [0.25, 0.3) is 29.3 Å². The van der Waals surface area contributed by atoms with Gasteiger partial charge in [0.2, 0.25) is 0 Å². The number of aryl methyl sites for hydroxylation is 12. The van der Waals surface area contributed by atoms with E-state index < -0.39 is 4.92 Å². The molecule has 0 saturated carbocycles. The zero-order chi connectivity index (χ0) is 72.7. The van der Waals surface area contributed by atoms with Gasteiger partial charge in [0, 0.05) is 147 Å². The summed E-state index contributed by atoms with van der Waals surface area (Å²) in [6.45, 7) is 23.2. The van der Waals surface area contributed by atoms with Crippen molar-refractivity contribution >= 4 is 63.3 Å². The maximum absolute atomic E-state index is 12.3. The van der Waals surface area contributed by atoms with Crippen LogP contribution in [0, 0.1) is 105 Å². The SMILES string of the molecule is Cc1cc(C#N)ccc1-c1nn2c(C)cc(C(=O)N(C)C)nc2c1C.Cc1cc(N)ccc1-c1nn2c(C)cc(C(=O)N(C)C)nc2c1C.Cc1cc(N)ccc1-c1nn2c(C)cc(C(=O)N(C)C)nc2c1C.Cc1cc([N+](=O)[O-])ccc1-c1nn2c(C)cc(C(=O)N(C)C)nc2c1C. The smallest absolute Gasteiger partial charge is 0.272 e. The lowest BCUT2D eigenvalue weighted by molar-refractivity contribution is -0.384. The highest BCUT2D eigenvalue weighted by Gasteiger charge is 2.25. The van der Waals surface area contributed by atoms with Crippen LogP contribution in [0.15, 0.2) is 97.1 Å². The van der Waals surface area contributed by atoms with E-state index in [4.69, 9.17) is 32.0 Å². The third kappa shape index (κ3) is 14.2. The Morgan fingerprint density at radius 3 is 0.879 bits per heavy atom. The van der Waals surface area contributed by atoms with Crippen LogP contribution in [0.25, 0.3) is 67.6 Å². The Morgan fingerprint density at radius 1 is 0.394 bits per heavy atom. The van der Waals surface area contributed by atoms with Gasteiger partial charge in [-0.3, -0.25) is 29.3 Å². The Hall–Kier alpha value is -12.3. The number of nitro groups is 1. The van der Waals surface area contributed by atoms with E-state index in [-0.39, 0.29) is 29.3 Å². The third-order valence-corrected chi connectivity index (χ3v) is 16.8. The summed E-state index contributed by atoms with van der Waals surface area (Å²) in [5.74, 6) is -0.551. The normalized spacial score (nSPS) is 10.9. The number of benzene rings is 4. The number of nitrogens with two attached hydrogens (primary N) is 2. The molecule has 4 aromatic carbocycles. The summed E-state index contributed by atoms with van der Waals surface area (Å²) in [6, 6.07) is 30.9. The summed E-state index contributed by atoms with van der Waals surface area (Å²) in [5, 5.41) is 38.7. The molecule has 0 unspecified atom stereocenters. The molecule has 0 radical (unpaired) electrons. The van der Waals surface area contributed by atoms with Crippen molar-refractivity contribution in [2.45, 2.75) is 83.1 Å². The number of nitriles is 1. The van der Waals surface area contributed by atoms with Gasteiger partial charge in [-0.05, 0) is 172 Å². The molecule has 0 saturated heterocycles. The largest absolute Gasteiger partial charge is 0.399 e. The van der Waals surface area contributed by atoms with Gasteiger partial charge >= 0.3 is 0 Å². The maximum Gasteiger partial charge on any atom is 0.272 e. The van der Waals surface area contributed by atoms with Gasteiger partial charge in [0.1, 0.15) is 22.8 Å². The molecule has 0 bridgehead atoms. The van der Waals surface area contributed by atoms with E-state index in [2.05, 4.69) is 31.1 Å². The molecule has 508 valence electrons. The lowest BCUT2D eigenvalue weighted by atomic mass is 10.0. The Balaban J connectivity index is 0.000000154. The van der Waals surface area contributed by atoms with E-state index in [1.54, 1.807) is 111 Å². The van der Waals surface area contributed by atoms with Crippen molar-refractivity contribution in [1.82, 2.24) is 78.0 Å². The van der Waals surface area contributed by atoms with Gasteiger partial charge in [-0.15, -0.1) is 0 Å². The van der Waals surface area contributed by atoms with E-state index in [9.17, 15) is 29.3 Å². The fourth-order valence-electron chi connectivity index (χ4n) is 11.4. The van der Waals surface area contributed by atoms with Crippen LogP contribution in [0.1, 0.15) is 115 Å². The maximum atomic E-state index is 12.3. The first-order valence-electron chi connectivity index (χ1n) is 31.5. The highest BCUT2D eigenvalue weighted by Crippen LogP contribution is 2.34. The summed E-state index contributed by atoms with van der Waals surface area (Å²) in [5.41, 5.74) is 36.0. The molecular weight excluding hydrogens is 1250 g/mol. The summed E-state index contributed by atoms with van der Waals surface area (Å²) >= 11 is 0. The number of nitrogen functional groups attached to an aromatic ring is 2. The van der Waals surface area contributed by atoms with Crippen LogP contribution >= 0.6 is 0 Å². The standard InChI is InChI=1S/C19H19N5O.C18H19N5O3.2C18H21N5O/c1-11-8-14(10-20)6-7-15(11)17-13(3)18-21-16(19(25)23(4)5)9-12(2)24(18)22-17;1-10-8-13(23(25)26)6-7-14(10)16-12(3)17-19-15(18(24)21(4)5)9-11(2)22(17)20-16;2*1-10-8-13(19)6-7-14(10)16-12(3)17-20-15(18(24)22(4)5)9-11(2)23(17)21-16/h6-9H,1-5H3;6-9H,1-5H3;2*6-9H,19H2,1-5H3. The number of hydrogen-bond donors (Lipinski definition) is 2. The number of aromatic nitrogens is 12. The van der Waals surface area contributed by atoms with Crippen molar-refractivity contribution in [3.63, 3.8) is 0 Å². The molecule has 26 heteroatoms. The molecule has 12 aromatic rings. The summed E-state index contributed by atoms with van der Waals surface area (Å²) < 4.78 is 7.02. The van der Waals surface area contributed by atoms with Gasteiger partial charge in [0.15, 0.2) is 22.6 Å². The van der Waals surface area contributed by atoms with Gasteiger partial charge in [0.05, 0.1) is 39.3 Å². The van der Waals surface area contributed by atoms with Crippen molar-refractivity contribution in [1.29, 1.82) is 5.26 Å². The van der Waals surface area contributed by atoms with Crippen molar-refractivity contribution < 1.29 is 24.1 Å². The Bertz CT molecular complexity index is 5160. The third-order valence-electron chi connectivity index (χ3n) is 16.8. The molecule has 0 aliphatic heterocycles. The molecule has 4 amide bonds. The number of carbonyl (C=O) groups excluding carboxylic acids is 4. The number of amides is 4. The highest BCUT2D eigenvalue weighted by molar-refractivity contribution is 5.95. The average molecular weight is 1330 g/mol. The van der Waals surface area contributed by atoms with E-state index in [0.717, 1.165) is 118 Å². The first kappa shape index (κ1) is 71.0. The molecule has 0 spiro atoms. The number of nitrogens with zero attached hydrogens (tertiary/aromatic N) is 18. The minimum Gasteiger partial charge on any atom is -0.399 e. The van der Waals surface area contributed by atoms with E-state index in [1.165, 1.54) is 31.7 Å². The second kappa shape index (κ2) is 28.2.